The molecular formula is C6H12N2O. The van der Waals surface area contributed by atoms with Crippen LogP contribution in [0.4, 0.5) is 0 Å². The fraction of sp³-hybridized carbons (Fsp3) is 0.833. The highest BCUT2D eigenvalue weighted by atomic mass is 16.1. The number of rotatable bonds is 1. The highest BCUT2D eigenvalue weighted by molar-refractivity contribution is 5.88. The third-order valence-corrected chi connectivity index (χ3v) is 1.66. The van der Waals surface area contributed by atoms with Crippen LogP contribution >= 0.6 is 0 Å². The van der Waals surface area contributed by atoms with Crippen molar-refractivity contribution < 1.29 is 4.79 Å². The van der Waals surface area contributed by atoms with Gasteiger partial charge < -0.3 is 5.32 Å². The molecule has 0 saturated carbocycles. The molecule has 0 bridgehead atoms. The minimum atomic E-state index is 0.0787. The summed E-state index contributed by atoms with van der Waals surface area (Å²) < 4.78 is 0. The zero-order chi connectivity index (χ0) is 6.85. The number of likely N-dealkylation sites (tertiary alicyclic amines) is 1. The van der Waals surface area contributed by atoms with Gasteiger partial charge in [0.15, 0.2) is 5.78 Å². The topological polar surface area (TPSA) is 32.3 Å². The first-order valence-electron chi connectivity index (χ1n) is 3.12. The Kier molecular flexibility index (Phi) is 1.83. The summed E-state index contributed by atoms with van der Waals surface area (Å²) in [6.07, 6.45) is 0. The molecular weight excluding hydrogens is 116 g/mol. The zero-order valence-corrected chi connectivity index (χ0v) is 5.85. The highest BCUT2D eigenvalue weighted by Gasteiger charge is 2.26. The molecule has 9 heavy (non-hydrogen) atoms. The molecule has 0 aromatic carbocycles. The fourth-order valence-corrected chi connectivity index (χ4v) is 1.11. The lowest BCUT2D eigenvalue weighted by Gasteiger charge is -2.05. The Hall–Kier alpha value is -0.410. The van der Waals surface area contributed by atoms with Crippen LogP contribution in [-0.2, 0) is 4.79 Å². The van der Waals surface area contributed by atoms with Crippen LogP contribution in [0.2, 0.25) is 0 Å². The van der Waals surface area contributed by atoms with Crippen molar-refractivity contribution in [3.63, 3.8) is 0 Å². The minimum Gasteiger partial charge on any atom is -0.309 e. The second kappa shape index (κ2) is 2.45. The number of nitrogens with zero attached hydrogens (tertiary/aromatic N) is 1. The van der Waals surface area contributed by atoms with Gasteiger partial charge >= 0.3 is 0 Å². The largest absolute Gasteiger partial charge is 0.309 e. The van der Waals surface area contributed by atoms with Crippen molar-refractivity contribution in [2.24, 2.45) is 0 Å². The molecule has 1 unspecified atom stereocenters. The van der Waals surface area contributed by atoms with Gasteiger partial charge in [-0.2, -0.15) is 0 Å². The molecule has 1 aliphatic rings. The van der Waals surface area contributed by atoms with Crippen LogP contribution in [0, 0.1) is 0 Å². The summed E-state index contributed by atoms with van der Waals surface area (Å²) >= 11 is 0. The van der Waals surface area contributed by atoms with Gasteiger partial charge in [-0.1, -0.05) is 0 Å². The third kappa shape index (κ3) is 1.28. The minimum absolute atomic E-state index is 0.0787. The van der Waals surface area contributed by atoms with Gasteiger partial charge in [0.1, 0.15) is 0 Å². The molecule has 1 saturated heterocycles. The Morgan fingerprint density at radius 2 is 2.44 bits per heavy atom. The zero-order valence-electron chi connectivity index (χ0n) is 5.85. The van der Waals surface area contributed by atoms with Crippen LogP contribution < -0.4 is 5.32 Å². The molecule has 1 fully saturated rings. The van der Waals surface area contributed by atoms with Gasteiger partial charge in [-0.25, -0.2) is 0 Å². The van der Waals surface area contributed by atoms with E-state index >= 15 is 0 Å². The van der Waals surface area contributed by atoms with E-state index in [2.05, 4.69) is 5.32 Å². The van der Waals surface area contributed by atoms with Gasteiger partial charge in [-0.05, 0) is 14.1 Å². The lowest BCUT2D eigenvalue weighted by atomic mass is 10.2. The summed E-state index contributed by atoms with van der Waals surface area (Å²) in [5, 5.41) is 2.95. The normalized spacial score (nSPS) is 29.6. The summed E-state index contributed by atoms with van der Waals surface area (Å²) in [7, 11) is 3.77. The number of likely N-dealkylation sites (N-methyl/N-ethyl adjacent to an activating group) is 2. The van der Waals surface area contributed by atoms with Crippen molar-refractivity contribution in [3.8, 4) is 0 Å². The van der Waals surface area contributed by atoms with Gasteiger partial charge in [0, 0.05) is 6.54 Å². The van der Waals surface area contributed by atoms with Crippen LogP contribution in [0.25, 0.3) is 0 Å². The molecule has 0 spiro atoms. The van der Waals surface area contributed by atoms with Crippen molar-refractivity contribution in [2.45, 2.75) is 6.04 Å². The van der Waals surface area contributed by atoms with E-state index in [4.69, 9.17) is 0 Å². The predicted octanol–water partition coefficient (Wildman–Crippen LogP) is -0.911. The molecule has 0 aromatic heterocycles. The second-order valence-corrected chi connectivity index (χ2v) is 2.50. The van der Waals surface area contributed by atoms with Crippen molar-refractivity contribution in [3.05, 3.63) is 0 Å². The number of Topliss-reactive ketones (excluding diaryl/α,β-unsaturated/α-hetero) is 1. The summed E-state index contributed by atoms with van der Waals surface area (Å²) in [6.45, 7) is 1.46. The van der Waals surface area contributed by atoms with E-state index in [1.807, 2.05) is 19.0 Å². The van der Waals surface area contributed by atoms with Crippen molar-refractivity contribution in [1.82, 2.24) is 10.2 Å². The fourth-order valence-electron chi connectivity index (χ4n) is 1.11. The number of hydrogen-bond acceptors (Lipinski definition) is 3. The van der Waals surface area contributed by atoms with Gasteiger partial charge in [0.2, 0.25) is 0 Å². The molecule has 3 heteroatoms. The molecule has 1 atom stereocenters. The van der Waals surface area contributed by atoms with Gasteiger partial charge in [0.25, 0.3) is 0 Å². The molecule has 1 rings (SSSR count). The second-order valence-electron chi connectivity index (χ2n) is 2.50. The molecule has 0 aliphatic carbocycles. The Labute approximate surface area is 55.0 Å². The Balaban J connectivity index is 2.48. The van der Waals surface area contributed by atoms with Crippen LogP contribution in [-0.4, -0.2) is 43.9 Å². The maximum Gasteiger partial charge on any atom is 0.164 e. The average Bonchev–Trinajstić information content (AvgIpc) is 2.10. The first-order valence-corrected chi connectivity index (χ1v) is 3.12. The molecule has 1 heterocycles. The number of nitrogens with one attached hydrogen (secondary N) is 1. The van der Waals surface area contributed by atoms with Crippen LogP contribution in [0.1, 0.15) is 0 Å². The van der Waals surface area contributed by atoms with E-state index in [0.717, 1.165) is 6.54 Å². The number of carbonyl (C=O) groups excluding carboxylic acids is 1. The van der Waals surface area contributed by atoms with E-state index in [0.29, 0.717) is 12.3 Å². The molecule has 3 nitrogen and oxygen atoms in total. The van der Waals surface area contributed by atoms with E-state index < -0.39 is 0 Å². The van der Waals surface area contributed by atoms with Gasteiger partial charge in [-0.15, -0.1) is 0 Å². The predicted molar refractivity (Wildman–Crippen MR) is 35.4 cm³/mol. The monoisotopic (exact) mass is 128 g/mol. The molecule has 1 aliphatic heterocycles. The molecule has 0 aromatic rings. The van der Waals surface area contributed by atoms with Gasteiger partial charge in [0.05, 0.1) is 12.6 Å². The summed E-state index contributed by atoms with van der Waals surface area (Å²) in [5.41, 5.74) is 0. The average molecular weight is 128 g/mol. The quantitative estimate of drug-likeness (QED) is 0.496. The highest BCUT2D eigenvalue weighted by Crippen LogP contribution is 2.00. The van der Waals surface area contributed by atoms with Crippen molar-refractivity contribution in [1.29, 1.82) is 0 Å². The Morgan fingerprint density at radius 1 is 1.78 bits per heavy atom. The SMILES string of the molecule is CNC1CN(C)CC1=O. The van der Waals surface area contributed by atoms with E-state index in [1.54, 1.807) is 0 Å². The maximum absolute atomic E-state index is 10.9. The first kappa shape index (κ1) is 6.71. The summed E-state index contributed by atoms with van der Waals surface area (Å²) in [5.74, 6) is 0.306. The maximum atomic E-state index is 10.9. The lowest BCUT2D eigenvalue weighted by Crippen LogP contribution is -2.33. The molecule has 1 N–H and O–H groups in total. The molecule has 52 valence electrons. The number of hydrogen-bond donors (Lipinski definition) is 1. The van der Waals surface area contributed by atoms with Crippen LogP contribution in [0.5, 0.6) is 0 Å². The first-order chi connectivity index (χ1) is 4.24. The number of carbonyl (C=O) groups is 1. The van der Waals surface area contributed by atoms with E-state index in [-0.39, 0.29) is 6.04 Å². The van der Waals surface area contributed by atoms with Crippen molar-refractivity contribution >= 4 is 5.78 Å². The lowest BCUT2D eigenvalue weighted by molar-refractivity contribution is -0.118. The Morgan fingerprint density at radius 3 is 2.67 bits per heavy atom. The van der Waals surface area contributed by atoms with Crippen LogP contribution in [0.15, 0.2) is 0 Å². The molecule has 0 radical (unpaired) electrons. The Bertz CT molecular complexity index is 124. The summed E-state index contributed by atoms with van der Waals surface area (Å²) in [6, 6.07) is 0.0787. The van der Waals surface area contributed by atoms with Crippen LogP contribution in [0.3, 0.4) is 0 Å². The molecule has 0 amide bonds. The smallest absolute Gasteiger partial charge is 0.164 e. The van der Waals surface area contributed by atoms with E-state index in [1.165, 1.54) is 0 Å². The number of ketones is 1. The standard InChI is InChI=1S/C6H12N2O/c1-7-5-3-8(2)4-6(5)9/h5,7H,3-4H2,1-2H3. The van der Waals surface area contributed by atoms with E-state index in [9.17, 15) is 4.79 Å². The summed E-state index contributed by atoms with van der Waals surface area (Å²) in [4.78, 5) is 12.9. The third-order valence-electron chi connectivity index (χ3n) is 1.66. The van der Waals surface area contributed by atoms with Gasteiger partial charge in [-0.3, -0.25) is 9.69 Å². The van der Waals surface area contributed by atoms with Crippen molar-refractivity contribution in [2.75, 3.05) is 27.2 Å².